The van der Waals surface area contributed by atoms with Gasteiger partial charge in [0.15, 0.2) is 0 Å². The summed E-state index contributed by atoms with van der Waals surface area (Å²) in [5.41, 5.74) is 0.621. The second-order valence-electron chi connectivity index (χ2n) is 5.15. The minimum Gasteiger partial charge on any atom is -0.480 e. The number of alkyl halides is 2. The van der Waals surface area contributed by atoms with Crippen LogP contribution in [0.2, 0.25) is 0 Å². The first-order valence-electron chi connectivity index (χ1n) is 6.80. The predicted octanol–water partition coefficient (Wildman–Crippen LogP) is 3.43. The highest BCUT2D eigenvalue weighted by Crippen LogP contribution is 2.40. The molecule has 21 heavy (non-hydrogen) atoms. The molecule has 112 valence electrons. The van der Waals surface area contributed by atoms with Crippen molar-refractivity contribution in [1.29, 1.82) is 0 Å². The Morgan fingerprint density at radius 3 is 2.81 bits per heavy atom. The summed E-state index contributed by atoms with van der Waals surface area (Å²) in [5, 5.41) is 3.91. The number of rotatable bonds is 3. The molecule has 0 spiro atoms. The summed E-state index contributed by atoms with van der Waals surface area (Å²) in [6.45, 7) is 0. The van der Waals surface area contributed by atoms with E-state index in [1.54, 1.807) is 18.3 Å². The molecule has 5 nitrogen and oxygen atoms in total. The number of pyridine rings is 1. The smallest absolute Gasteiger partial charge is 0.248 e. The zero-order valence-electron chi connectivity index (χ0n) is 11.6. The average molecular weight is 295 g/mol. The molecule has 0 saturated heterocycles. The van der Waals surface area contributed by atoms with Gasteiger partial charge >= 0.3 is 0 Å². The Morgan fingerprint density at radius 2 is 2.10 bits per heavy atom. The van der Waals surface area contributed by atoms with Crippen LogP contribution in [-0.4, -0.2) is 28.2 Å². The van der Waals surface area contributed by atoms with Crippen LogP contribution in [0.4, 0.5) is 8.78 Å². The summed E-state index contributed by atoms with van der Waals surface area (Å²) in [6, 6.07) is 3.52. The fraction of sp³-hybridized carbons (Fsp3) is 0.500. The van der Waals surface area contributed by atoms with Crippen molar-refractivity contribution in [3.63, 3.8) is 0 Å². The number of hydrogen-bond donors (Lipinski definition) is 0. The lowest BCUT2D eigenvalue weighted by atomic mass is 9.87. The zero-order chi connectivity index (χ0) is 14.9. The van der Waals surface area contributed by atoms with Gasteiger partial charge in [0.1, 0.15) is 0 Å². The third-order valence-corrected chi connectivity index (χ3v) is 3.71. The number of hydrogen-bond acceptors (Lipinski definition) is 5. The molecular weight excluding hydrogens is 280 g/mol. The van der Waals surface area contributed by atoms with Gasteiger partial charge in [-0.15, -0.1) is 0 Å². The van der Waals surface area contributed by atoms with Crippen LogP contribution in [0.3, 0.4) is 0 Å². The van der Waals surface area contributed by atoms with Gasteiger partial charge in [-0.1, -0.05) is 5.16 Å². The molecule has 2 heterocycles. The van der Waals surface area contributed by atoms with Gasteiger partial charge in [0.2, 0.25) is 23.5 Å². The minimum atomic E-state index is -2.56. The molecule has 0 amide bonds. The lowest BCUT2D eigenvalue weighted by Crippen LogP contribution is -2.23. The first kappa shape index (κ1) is 13.9. The number of ether oxygens (including phenoxy) is 1. The maximum Gasteiger partial charge on any atom is 0.248 e. The van der Waals surface area contributed by atoms with Crippen LogP contribution in [0.1, 0.15) is 37.5 Å². The first-order valence-corrected chi connectivity index (χ1v) is 6.80. The summed E-state index contributed by atoms with van der Waals surface area (Å²) in [7, 11) is 1.51. The second kappa shape index (κ2) is 5.38. The van der Waals surface area contributed by atoms with Gasteiger partial charge in [-0.3, -0.25) is 0 Å². The molecule has 3 rings (SSSR count). The SMILES string of the molecule is COc1ncccc1-c1noc(C2CCC(F)(F)CC2)n1. The Hall–Kier alpha value is -2.05. The minimum absolute atomic E-state index is 0.103. The van der Waals surface area contributed by atoms with E-state index in [9.17, 15) is 8.78 Å². The van der Waals surface area contributed by atoms with E-state index in [1.807, 2.05) is 0 Å². The molecule has 1 saturated carbocycles. The predicted molar refractivity (Wildman–Crippen MR) is 70.2 cm³/mol. The number of halogens is 2. The number of nitrogens with zero attached hydrogens (tertiary/aromatic N) is 3. The van der Waals surface area contributed by atoms with Crippen molar-refractivity contribution in [3.8, 4) is 17.3 Å². The molecule has 0 bridgehead atoms. The molecule has 0 radical (unpaired) electrons. The largest absolute Gasteiger partial charge is 0.480 e. The summed E-state index contributed by atoms with van der Waals surface area (Å²) < 4.78 is 36.7. The lowest BCUT2D eigenvalue weighted by Gasteiger charge is -2.25. The summed E-state index contributed by atoms with van der Waals surface area (Å²) in [4.78, 5) is 8.39. The molecule has 2 aromatic heterocycles. The van der Waals surface area contributed by atoms with Crippen LogP contribution < -0.4 is 4.74 Å². The highest BCUT2D eigenvalue weighted by Gasteiger charge is 2.37. The molecule has 0 aromatic carbocycles. The number of aromatic nitrogens is 3. The monoisotopic (exact) mass is 295 g/mol. The van der Waals surface area contributed by atoms with Gasteiger partial charge in [0, 0.05) is 25.0 Å². The van der Waals surface area contributed by atoms with Gasteiger partial charge in [-0.2, -0.15) is 4.98 Å². The van der Waals surface area contributed by atoms with E-state index in [1.165, 1.54) is 7.11 Å². The quantitative estimate of drug-likeness (QED) is 0.868. The van der Waals surface area contributed by atoms with E-state index in [-0.39, 0.29) is 18.8 Å². The highest BCUT2D eigenvalue weighted by atomic mass is 19.3. The van der Waals surface area contributed by atoms with Crippen molar-refractivity contribution >= 4 is 0 Å². The van der Waals surface area contributed by atoms with Gasteiger partial charge in [0.25, 0.3) is 0 Å². The molecule has 0 aliphatic heterocycles. The maximum atomic E-state index is 13.2. The maximum absolute atomic E-state index is 13.2. The molecule has 1 aliphatic carbocycles. The van der Waals surface area contributed by atoms with Gasteiger partial charge < -0.3 is 9.26 Å². The van der Waals surface area contributed by atoms with Crippen molar-refractivity contribution in [1.82, 2.24) is 15.1 Å². The molecule has 1 aliphatic rings. The third kappa shape index (κ3) is 2.86. The Labute approximate surface area is 120 Å². The topological polar surface area (TPSA) is 61.0 Å². The lowest BCUT2D eigenvalue weighted by molar-refractivity contribution is -0.0402. The Morgan fingerprint density at radius 1 is 1.33 bits per heavy atom. The van der Waals surface area contributed by atoms with Crippen LogP contribution in [0.5, 0.6) is 5.88 Å². The molecule has 0 atom stereocenters. The average Bonchev–Trinajstić information content (AvgIpc) is 2.97. The standard InChI is InChI=1S/C14H15F2N3O2/c1-20-13-10(3-2-8-17-13)11-18-12(21-19-11)9-4-6-14(15,16)7-5-9/h2-3,8-9H,4-7H2,1H3. The first-order chi connectivity index (χ1) is 10.1. The van der Waals surface area contributed by atoms with E-state index in [0.29, 0.717) is 36.0 Å². The van der Waals surface area contributed by atoms with Gasteiger partial charge in [-0.25, -0.2) is 13.8 Å². The van der Waals surface area contributed by atoms with E-state index in [4.69, 9.17) is 9.26 Å². The fourth-order valence-electron chi connectivity index (χ4n) is 2.52. The molecule has 0 N–H and O–H groups in total. The van der Waals surface area contributed by atoms with Crippen LogP contribution in [0.25, 0.3) is 11.4 Å². The molecular formula is C14H15F2N3O2. The molecule has 2 aromatic rings. The van der Waals surface area contributed by atoms with Crippen molar-refractivity contribution < 1.29 is 18.0 Å². The summed E-state index contributed by atoms with van der Waals surface area (Å²) in [5.74, 6) is -1.49. The Kier molecular flexibility index (Phi) is 3.57. The Bertz CT molecular complexity index is 620. The zero-order valence-corrected chi connectivity index (χ0v) is 11.6. The van der Waals surface area contributed by atoms with Gasteiger partial charge in [-0.05, 0) is 25.0 Å². The molecule has 7 heteroatoms. The fourth-order valence-corrected chi connectivity index (χ4v) is 2.52. The van der Waals surface area contributed by atoms with Crippen LogP contribution in [0, 0.1) is 0 Å². The van der Waals surface area contributed by atoms with Crippen molar-refractivity contribution in [2.24, 2.45) is 0 Å². The summed E-state index contributed by atoms with van der Waals surface area (Å²) >= 11 is 0. The van der Waals surface area contributed by atoms with Crippen molar-refractivity contribution in [2.75, 3.05) is 7.11 Å². The van der Waals surface area contributed by atoms with Crippen LogP contribution >= 0.6 is 0 Å². The highest BCUT2D eigenvalue weighted by molar-refractivity contribution is 5.60. The van der Waals surface area contributed by atoms with E-state index >= 15 is 0 Å². The van der Waals surface area contributed by atoms with E-state index < -0.39 is 5.92 Å². The van der Waals surface area contributed by atoms with E-state index in [0.717, 1.165) is 0 Å². The van der Waals surface area contributed by atoms with E-state index in [2.05, 4.69) is 15.1 Å². The second-order valence-corrected chi connectivity index (χ2v) is 5.15. The molecule has 1 fully saturated rings. The van der Waals surface area contributed by atoms with Crippen molar-refractivity contribution in [3.05, 3.63) is 24.2 Å². The van der Waals surface area contributed by atoms with Crippen LogP contribution in [0.15, 0.2) is 22.9 Å². The van der Waals surface area contributed by atoms with Crippen molar-refractivity contribution in [2.45, 2.75) is 37.5 Å². The normalized spacial score (nSPS) is 18.6. The third-order valence-electron chi connectivity index (χ3n) is 3.71. The van der Waals surface area contributed by atoms with Crippen LogP contribution in [-0.2, 0) is 0 Å². The molecule has 0 unspecified atom stereocenters. The van der Waals surface area contributed by atoms with Gasteiger partial charge in [0.05, 0.1) is 12.7 Å². The number of methoxy groups -OCH3 is 1. The Balaban J connectivity index is 1.81. The summed E-state index contributed by atoms with van der Waals surface area (Å²) in [6.07, 6.45) is 2.06.